The van der Waals surface area contributed by atoms with Gasteiger partial charge in [0, 0.05) is 11.8 Å². The van der Waals surface area contributed by atoms with Crippen molar-refractivity contribution in [3.8, 4) is 0 Å². The van der Waals surface area contributed by atoms with Crippen LogP contribution in [-0.4, -0.2) is 21.6 Å². The highest BCUT2D eigenvalue weighted by Gasteiger charge is 2.25. The first-order chi connectivity index (χ1) is 13.1. The first-order valence-electron chi connectivity index (χ1n) is 8.81. The van der Waals surface area contributed by atoms with Gasteiger partial charge in [0.15, 0.2) is 5.16 Å². The molecule has 1 aliphatic rings. The molecule has 1 amide bonds. The van der Waals surface area contributed by atoms with Crippen molar-refractivity contribution in [1.29, 1.82) is 0 Å². The van der Waals surface area contributed by atoms with Crippen LogP contribution >= 0.6 is 11.8 Å². The molecular formula is C21H19N3O2S. The summed E-state index contributed by atoms with van der Waals surface area (Å²) in [6.45, 7) is 1.77. The minimum absolute atomic E-state index is 0.0362. The molecule has 0 spiro atoms. The summed E-state index contributed by atoms with van der Waals surface area (Å²) in [5.41, 5.74) is 4.61. The van der Waals surface area contributed by atoms with Gasteiger partial charge >= 0.3 is 0 Å². The maximum absolute atomic E-state index is 13.2. The second-order valence-electron chi connectivity index (χ2n) is 6.47. The maximum Gasteiger partial charge on any atom is 0.251 e. The van der Waals surface area contributed by atoms with E-state index < -0.39 is 0 Å². The van der Waals surface area contributed by atoms with Gasteiger partial charge in [-0.15, -0.1) is 0 Å². The molecule has 3 aromatic rings. The van der Waals surface area contributed by atoms with E-state index >= 15 is 0 Å². The Morgan fingerprint density at radius 1 is 1.07 bits per heavy atom. The summed E-state index contributed by atoms with van der Waals surface area (Å²) in [5.74, 6) is 0.153. The normalized spacial score (nSPS) is 12.9. The number of benzene rings is 2. The third kappa shape index (κ3) is 3.66. The first kappa shape index (κ1) is 17.5. The lowest BCUT2D eigenvalue weighted by atomic mass is 10.0. The summed E-state index contributed by atoms with van der Waals surface area (Å²) in [6.07, 6.45) is 1.80. The smallest absolute Gasteiger partial charge is 0.251 e. The number of aromatic nitrogens is 2. The summed E-state index contributed by atoms with van der Waals surface area (Å²) >= 11 is 1.25. The first-order valence-corrected chi connectivity index (χ1v) is 9.80. The van der Waals surface area contributed by atoms with E-state index in [1.807, 2.05) is 36.4 Å². The molecule has 0 saturated heterocycles. The SMILES string of the molecule is Cc1cc(=O)[nH]c(SCC(=O)N2c3ccccc3CCc3ccccc32)n1. The number of nitrogens with one attached hydrogen (secondary N) is 1. The van der Waals surface area contributed by atoms with Gasteiger partial charge in [-0.3, -0.25) is 14.5 Å². The molecule has 136 valence electrons. The molecule has 1 aromatic heterocycles. The Morgan fingerprint density at radius 3 is 2.26 bits per heavy atom. The highest BCUT2D eigenvalue weighted by atomic mass is 32.2. The van der Waals surface area contributed by atoms with Crippen molar-refractivity contribution in [3.63, 3.8) is 0 Å². The molecule has 0 aliphatic carbocycles. The van der Waals surface area contributed by atoms with Crippen LogP contribution in [0, 0.1) is 6.92 Å². The number of anilines is 2. The summed E-state index contributed by atoms with van der Waals surface area (Å²) in [6, 6.07) is 17.5. The summed E-state index contributed by atoms with van der Waals surface area (Å²) in [5, 5.41) is 0.463. The van der Waals surface area contributed by atoms with Crippen molar-refractivity contribution in [2.24, 2.45) is 0 Å². The van der Waals surface area contributed by atoms with Crippen molar-refractivity contribution in [1.82, 2.24) is 9.97 Å². The van der Waals surface area contributed by atoms with Gasteiger partial charge < -0.3 is 4.98 Å². The highest BCUT2D eigenvalue weighted by Crippen LogP contribution is 2.36. The average molecular weight is 377 g/mol. The predicted molar refractivity (Wildman–Crippen MR) is 108 cm³/mol. The van der Waals surface area contributed by atoms with Gasteiger partial charge in [-0.25, -0.2) is 4.98 Å². The quantitative estimate of drug-likeness (QED) is 0.559. The van der Waals surface area contributed by atoms with Gasteiger partial charge in [0.25, 0.3) is 5.56 Å². The molecule has 0 fully saturated rings. The lowest BCUT2D eigenvalue weighted by Crippen LogP contribution is -2.28. The molecule has 27 heavy (non-hydrogen) atoms. The zero-order valence-corrected chi connectivity index (χ0v) is 15.8. The second kappa shape index (κ2) is 7.40. The molecular weight excluding hydrogens is 358 g/mol. The molecule has 0 saturated carbocycles. The third-order valence-electron chi connectivity index (χ3n) is 4.56. The Kier molecular flexibility index (Phi) is 4.81. The Labute approximate surface area is 161 Å². The summed E-state index contributed by atoms with van der Waals surface area (Å²) < 4.78 is 0. The molecule has 0 unspecified atom stereocenters. The number of aryl methyl sites for hydroxylation is 3. The number of H-pyrrole nitrogens is 1. The van der Waals surface area contributed by atoms with E-state index in [0.29, 0.717) is 10.9 Å². The molecule has 4 rings (SSSR count). The van der Waals surface area contributed by atoms with Gasteiger partial charge in [-0.2, -0.15) is 0 Å². The van der Waals surface area contributed by atoms with Crippen LogP contribution in [0.5, 0.6) is 0 Å². The van der Waals surface area contributed by atoms with E-state index in [1.54, 1.807) is 11.8 Å². The van der Waals surface area contributed by atoms with E-state index in [0.717, 1.165) is 35.3 Å². The van der Waals surface area contributed by atoms with Gasteiger partial charge in [0.2, 0.25) is 5.91 Å². The minimum Gasteiger partial charge on any atom is -0.301 e. The number of carbonyl (C=O) groups excluding carboxylic acids is 1. The van der Waals surface area contributed by atoms with Crippen LogP contribution in [-0.2, 0) is 17.6 Å². The number of nitrogens with zero attached hydrogens (tertiary/aromatic N) is 2. The number of thioether (sulfide) groups is 1. The zero-order chi connectivity index (χ0) is 18.8. The number of para-hydroxylation sites is 2. The van der Waals surface area contributed by atoms with Crippen LogP contribution in [0.15, 0.2) is 64.5 Å². The van der Waals surface area contributed by atoms with Crippen molar-refractivity contribution in [3.05, 3.63) is 81.8 Å². The van der Waals surface area contributed by atoms with Gasteiger partial charge in [-0.05, 0) is 43.0 Å². The number of fused-ring (bicyclic) bond motifs is 2. The Hall–Kier alpha value is -2.86. The van der Waals surface area contributed by atoms with Gasteiger partial charge in [-0.1, -0.05) is 48.2 Å². The summed E-state index contributed by atoms with van der Waals surface area (Å²) in [7, 11) is 0. The zero-order valence-electron chi connectivity index (χ0n) is 14.9. The number of aromatic amines is 1. The fraction of sp³-hybridized carbons (Fsp3) is 0.190. The van der Waals surface area contributed by atoms with Crippen molar-refractivity contribution >= 4 is 29.0 Å². The van der Waals surface area contributed by atoms with E-state index in [1.165, 1.54) is 17.8 Å². The molecule has 6 heteroatoms. The minimum atomic E-state index is -0.206. The monoisotopic (exact) mass is 377 g/mol. The molecule has 2 heterocycles. The average Bonchev–Trinajstić information content (AvgIpc) is 2.82. The maximum atomic E-state index is 13.2. The van der Waals surface area contributed by atoms with Crippen LogP contribution in [0.1, 0.15) is 16.8 Å². The Morgan fingerprint density at radius 2 is 1.67 bits per heavy atom. The van der Waals surface area contributed by atoms with Gasteiger partial charge in [0.1, 0.15) is 0 Å². The lowest BCUT2D eigenvalue weighted by molar-refractivity contribution is -0.115. The predicted octanol–water partition coefficient (Wildman–Crippen LogP) is 3.63. The second-order valence-corrected chi connectivity index (χ2v) is 7.43. The number of amides is 1. The van der Waals surface area contributed by atoms with Crippen LogP contribution in [0.3, 0.4) is 0 Å². The van der Waals surface area contributed by atoms with Crippen molar-refractivity contribution < 1.29 is 4.79 Å². The standard InChI is InChI=1S/C21H19N3O2S/c1-14-12-19(25)23-21(22-14)27-13-20(26)24-17-8-4-2-6-15(17)10-11-16-7-3-5-9-18(16)24/h2-9,12H,10-11,13H2,1H3,(H,22,23,25). The van der Waals surface area contributed by atoms with Crippen molar-refractivity contribution in [2.45, 2.75) is 24.9 Å². The van der Waals surface area contributed by atoms with Crippen LogP contribution < -0.4 is 10.5 Å². The fourth-order valence-electron chi connectivity index (χ4n) is 3.36. The lowest BCUT2D eigenvalue weighted by Gasteiger charge is -2.24. The fourth-order valence-corrected chi connectivity index (χ4v) is 4.13. The van der Waals surface area contributed by atoms with Crippen LogP contribution in [0.25, 0.3) is 0 Å². The van der Waals surface area contributed by atoms with Crippen molar-refractivity contribution in [2.75, 3.05) is 10.7 Å². The molecule has 1 aliphatic heterocycles. The molecule has 0 atom stereocenters. The number of hydrogen-bond donors (Lipinski definition) is 1. The largest absolute Gasteiger partial charge is 0.301 e. The molecule has 0 bridgehead atoms. The van der Waals surface area contributed by atoms with E-state index in [9.17, 15) is 9.59 Å². The molecule has 1 N–H and O–H groups in total. The van der Waals surface area contributed by atoms with Gasteiger partial charge in [0.05, 0.1) is 17.1 Å². The van der Waals surface area contributed by atoms with E-state index in [-0.39, 0.29) is 17.2 Å². The Balaban J connectivity index is 1.67. The van der Waals surface area contributed by atoms with E-state index in [2.05, 4.69) is 22.1 Å². The molecule has 2 aromatic carbocycles. The van der Waals surface area contributed by atoms with Crippen LogP contribution in [0.4, 0.5) is 11.4 Å². The molecule has 0 radical (unpaired) electrons. The number of rotatable bonds is 3. The number of carbonyl (C=O) groups is 1. The Bertz CT molecular complexity index is 1010. The highest BCUT2D eigenvalue weighted by molar-refractivity contribution is 7.99. The number of hydrogen-bond acceptors (Lipinski definition) is 4. The van der Waals surface area contributed by atoms with E-state index in [4.69, 9.17) is 0 Å². The summed E-state index contributed by atoms with van der Waals surface area (Å²) in [4.78, 5) is 33.6. The third-order valence-corrected chi connectivity index (χ3v) is 5.42. The molecule has 5 nitrogen and oxygen atoms in total. The van der Waals surface area contributed by atoms with Crippen LogP contribution in [0.2, 0.25) is 0 Å². The topological polar surface area (TPSA) is 66.1 Å².